The topological polar surface area (TPSA) is 117 Å². The Labute approximate surface area is 217 Å². The summed E-state index contributed by atoms with van der Waals surface area (Å²) in [7, 11) is -3.80. The van der Waals surface area contributed by atoms with Gasteiger partial charge in [-0.2, -0.15) is 0 Å². The number of amides is 2. The Morgan fingerprint density at radius 3 is 2.31 bits per heavy atom. The summed E-state index contributed by atoms with van der Waals surface area (Å²) in [5.74, 6) is -0.760. The minimum atomic E-state index is -3.80. The Balaban J connectivity index is 1.44. The lowest BCUT2D eigenvalue weighted by molar-refractivity contribution is -0.116. The van der Waals surface area contributed by atoms with Crippen molar-refractivity contribution in [1.29, 1.82) is 0 Å². The Kier molecular flexibility index (Phi) is 7.99. The van der Waals surface area contributed by atoms with Gasteiger partial charge in [-0.15, -0.1) is 11.3 Å². The molecule has 0 spiro atoms. The number of carbonyl (C=O) groups is 2. The first-order chi connectivity index (χ1) is 17.3. The van der Waals surface area contributed by atoms with E-state index in [4.69, 9.17) is 11.6 Å². The van der Waals surface area contributed by atoms with Crippen molar-refractivity contribution < 1.29 is 18.0 Å². The van der Waals surface area contributed by atoms with Gasteiger partial charge in [0, 0.05) is 17.3 Å². The van der Waals surface area contributed by atoms with Crippen LogP contribution in [-0.4, -0.2) is 25.2 Å². The van der Waals surface area contributed by atoms with Gasteiger partial charge in [0.15, 0.2) is 5.13 Å². The van der Waals surface area contributed by atoms with Crippen molar-refractivity contribution >= 4 is 55.6 Å². The standard InChI is InChI=1S/C25H21ClN4O4S2/c26-21-9-5-4-8-20(21)24(32)29-22(17-6-2-1-3-7-17)16-23(31)28-18-10-12-19(13-11-18)36(33,34)30-25-27-14-15-35-25/h1-15,22H,16H2,(H,27,30)(H,28,31)(H,29,32)/t22-/m1/s1. The zero-order valence-electron chi connectivity index (χ0n) is 18.7. The number of halogens is 1. The van der Waals surface area contributed by atoms with Crippen LogP contribution in [0.25, 0.3) is 0 Å². The Morgan fingerprint density at radius 2 is 1.64 bits per heavy atom. The normalized spacial score (nSPS) is 11.9. The highest BCUT2D eigenvalue weighted by Gasteiger charge is 2.21. The van der Waals surface area contributed by atoms with Crippen molar-refractivity contribution in [2.45, 2.75) is 17.4 Å². The molecule has 0 aliphatic rings. The van der Waals surface area contributed by atoms with E-state index >= 15 is 0 Å². The van der Waals surface area contributed by atoms with Crippen LogP contribution in [0, 0.1) is 0 Å². The molecule has 0 saturated heterocycles. The van der Waals surface area contributed by atoms with Gasteiger partial charge >= 0.3 is 0 Å². The minimum Gasteiger partial charge on any atom is -0.345 e. The third-order valence-corrected chi connectivity index (χ3v) is 7.62. The second-order valence-corrected chi connectivity index (χ2v) is 10.6. The number of aromatic nitrogens is 1. The van der Waals surface area contributed by atoms with Gasteiger partial charge in [0.2, 0.25) is 5.91 Å². The van der Waals surface area contributed by atoms with Crippen LogP contribution in [0.1, 0.15) is 28.4 Å². The molecule has 3 aromatic carbocycles. The van der Waals surface area contributed by atoms with Gasteiger partial charge in [-0.25, -0.2) is 13.4 Å². The molecule has 184 valence electrons. The second-order valence-electron chi connectivity index (χ2n) is 7.64. The summed E-state index contributed by atoms with van der Waals surface area (Å²) in [4.78, 5) is 29.6. The molecule has 1 atom stereocenters. The maximum atomic E-state index is 12.8. The van der Waals surface area contributed by atoms with Gasteiger partial charge in [0.05, 0.1) is 27.9 Å². The first-order valence-electron chi connectivity index (χ1n) is 10.7. The molecule has 0 fully saturated rings. The van der Waals surface area contributed by atoms with Gasteiger partial charge in [-0.05, 0) is 42.0 Å². The minimum absolute atomic E-state index is 0.0323. The number of carbonyl (C=O) groups excluding carboxylic acids is 2. The molecule has 0 bridgehead atoms. The van der Waals surface area contributed by atoms with E-state index in [1.807, 2.05) is 30.3 Å². The van der Waals surface area contributed by atoms with Crippen molar-refractivity contribution in [3.05, 3.63) is 107 Å². The molecule has 36 heavy (non-hydrogen) atoms. The number of hydrogen-bond donors (Lipinski definition) is 3. The van der Waals surface area contributed by atoms with Crippen molar-refractivity contribution in [2.24, 2.45) is 0 Å². The molecule has 11 heteroatoms. The van der Waals surface area contributed by atoms with Crippen LogP contribution in [0.15, 0.2) is 95.3 Å². The summed E-state index contributed by atoms with van der Waals surface area (Å²) in [5, 5.41) is 7.87. The zero-order valence-corrected chi connectivity index (χ0v) is 21.1. The van der Waals surface area contributed by atoms with E-state index in [0.29, 0.717) is 16.3 Å². The fraction of sp³-hybridized carbons (Fsp3) is 0.0800. The molecule has 4 rings (SSSR count). The molecule has 0 aliphatic heterocycles. The van der Waals surface area contributed by atoms with Crippen molar-refractivity contribution in [1.82, 2.24) is 10.3 Å². The molecule has 0 radical (unpaired) electrons. The van der Waals surface area contributed by atoms with Crippen LogP contribution >= 0.6 is 22.9 Å². The average Bonchev–Trinajstić information content (AvgIpc) is 3.37. The largest absolute Gasteiger partial charge is 0.345 e. The Hall–Kier alpha value is -3.73. The summed E-state index contributed by atoms with van der Waals surface area (Å²) in [6.45, 7) is 0. The number of benzene rings is 3. The fourth-order valence-corrected chi connectivity index (χ4v) is 5.39. The molecular formula is C25H21ClN4O4S2. The average molecular weight is 541 g/mol. The van der Waals surface area contributed by atoms with Crippen molar-refractivity contribution in [2.75, 3.05) is 10.0 Å². The summed E-state index contributed by atoms with van der Waals surface area (Å²) in [6, 6.07) is 20.9. The maximum absolute atomic E-state index is 12.8. The summed E-state index contributed by atoms with van der Waals surface area (Å²) in [6.07, 6.45) is 1.45. The monoisotopic (exact) mass is 540 g/mol. The number of sulfonamides is 1. The number of rotatable bonds is 9. The van der Waals surface area contributed by atoms with Crippen LogP contribution in [-0.2, 0) is 14.8 Å². The molecule has 8 nitrogen and oxygen atoms in total. The van der Waals surface area contributed by atoms with E-state index < -0.39 is 22.0 Å². The lowest BCUT2D eigenvalue weighted by Crippen LogP contribution is -2.31. The summed E-state index contributed by atoms with van der Waals surface area (Å²) < 4.78 is 27.4. The van der Waals surface area contributed by atoms with E-state index in [-0.39, 0.29) is 22.4 Å². The van der Waals surface area contributed by atoms with E-state index in [0.717, 1.165) is 5.56 Å². The number of anilines is 2. The zero-order chi connectivity index (χ0) is 25.5. The molecule has 1 heterocycles. The molecule has 4 aromatic rings. The number of nitrogens with zero attached hydrogens (tertiary/aromatic N) is 1. The van der Waals surface area contributed by atoms with Gasteiger partial charge < -0.3 is 10.6 Å². The summed E-state index contributed by atoms with van der Waals surface area (Å²) in [5.41, 5.74) is 1.48. The molecule has 3 N–H and O–H groups in total. The first kappa shape index (κ1) is 25.4. The smallest absolute Gasteiger partial charge is 0.263 e. The molecule has 0 unspecified atom stereocenters. The highest BCUT2D eigenvalue weighted by atomic mass is 35.5. The molecule has 2 amide bonds. The quantitative estimate of drug-likeness (QED) is 0.273. The van der Waals surface area contributed by atoms with E-state index in [1.54, 1.807) is 29.6 Å². The molecule has 0 saturated carbocycles. The predicted octanol–water partition coefficient (Wildman–Crippen LogP) is 5.10. The molecule has 1 aromatic heterocycles. The number of nitrogens with one attached hydrogen (secondary N) is 3. The van der Waals surface area contributed by atoms with E-state index in [1.165, 1.54) is 41.8 Å². The summed E-state index contributed by atoms with van der Waals surface area (Å²) >= 11 is 7.32. The van der Waals surface area contributed by atoms with Crippen molar-refractivity contribution in [3.8, 4) is 0 Å². The predicted molar refractivity (Wildman–Crippen MR) is 141 cm³/mol. The van der Waals surface area contributed by atoms with E-state index in [2.05, 4.69) is 20.3 Å². The lowest BCUT2D eigenvalue weighted by atomic mass is 10.0. The van der Waals surface area contributed by atoms with Crippen LogP contribution in [0.5, 0.6) is 0 Å². The van der Waals surface area contributed by atoms with Gasteiger partial charge in [-0.3, -0.25) is 14.3 Å². The third-order valence-electron chi connectivity index (χ3n) is 5.12. The highest BCUT2D eigenvalue weighted by Crippen LogP contribution is 2.23. The van der Waals surface area contributed by atoms with Crippen LogP contribution in [0.2, 0.25) is 5.02 Å². The first-order valence-corrected chi connectivity index (χ1v) is 13.5. The van der Waals surface area contributed by atoms with Gasteiger partial charge in [-0.1, -0.05) is 54.1 Å². The third kappa shape index (κ3) is 6.48. The Bertz CT molecular complexity index is 1450. The van der Waals surface area contributed by atoms with Crippen LogP contribution < -0.4 is 15.4 Å². The van der Waals surface area contributed by atoms with Crippen molar-refractivity contribution in [3.63, 3.8) is 0 Å². The lowest BCUT2D eigenvalue weighted by Gasteiger charge is -2.19. The van der Waals surface area contributed by atoms with Crippen LogP contribution in [0.3, 0.4) is 0 Å². The second kappa shape index (κ2) is 11.3. The molecule has 0 aliphatic carbocycles. The Morgan fingerprint density at radius 1 is 0.944 bits per heavy atom. The van der Waals surface area contributed by atoms with E-state index in [9.17, 15) is 18.0 Å². The number of hydrogen-bond acceptors (Lipinski definition) is 6. The van der Waals surface area contributed by atoms with Gasteiger partial charge in [0.1, 0.15) is 0 Å². The SMILES string of the molecule is O=C(C[C@@H](NC(=O)c1ccccc1Cl)c1ccccc1)Nc1ccc(S(=O)(=O)Nc2nccs2)cc1. The van der Waals surface area contributed by atoms with Gasteiger partial charge in [0.25, 0.3) is 15.9 Å². The number of thiazole rings is 1. The highest BCUT2D eigenvalue weighted by molar-refractivity contribution is 7.93. The fourth-order valence-electron chi connectivity index (χ4n) is 3.38. The maximum Gasteiger partial charge on any atom is 0.263 e. The molecular weight excluding hydrogens is 520 g/mol. The van der Waals surface area contributed by atoms with Crippen LogP contribution in [0.4, 0.5) is 10.8 Å².